The quantitative estimate of drug-likeness (QED) is 0.125. The molecule has 0 radical (unpaired) electrons. The van der Waals surface area contributed by atoms with Gasteiger partial charge in [0, 0.05) is 34.8 Å². The van der Waals surface area contributed by atoms with Gasteiger partial charge < -0.3 is 32.9 Å². The van der Waals surface area contributed by atoms with E-state index in [2.05, 4.69) is 20.7 Å². The number of benzene rings is 2. The van der Waals surface area contributed by atoms with E-state index in [1.807, 2.05) is 12.1 Å². The number of aromatic nitrogens is 3. The van der Waals surface area contributed by atoms with Crippen molar-refractivity contribution in [2.45, 2.75) is 6.18 Å². The Morgan fingerprint density at radius 3 is 2.51 bits per heavy atom. The number of nitrogen functional groups attached to an aromatic ring is 1. The molecule has 0 spiro atoms. The van der Waals surface area contributed by atoms with E-state index in [0.717, 1.165) is 11.6 Å². The molecule has 4 rings (SSSR count). The Kier molecular flexibility index (Phi) is 6.61. The lowest BCUT2D eigenvalue weighted by molar-refractivity contribution is -0.114. The van der Waals surface area contributed by atoms with Crippen LogP contribution in [0.5, 0.6) is 0 Å². The smallest absolute Gasteiger partial charge is 0.398 e. The molecule has 0 saturated heterocycles. The number of nitrogens with one attached hydrogen (secondary N) is 4. The first-order valence-corrected chi connectivity index (χ1v) is 10.6. The van der Waals surface area contributed by atoms with Gasteiger partial charge in [-0.1, -0.05) is 18.2 Å². The maximum Gasteiger partial charge on any atom is 0.431 e. The van der Waals surface area contributed by atoms with Gasteiger partial charge in [0.25, 0.3) is 5.91 Å². The molecule has 0 aliphatic heterocycles. The van der Waals surface area contributed by atoms with Crippen LogP contribution >= 0.6 is 0 Å². The van der Waals surface area contributed by atoms with Gasteiger partial charge in [0.15, 0.2) is 11.6 Å². The largest absolute Gasteiger partial charge is 0.431 e. The van der Waals surface area contributed by atoms with E-state index >= 15 is 0 Å². The highest BCUT2D eigenvalue weighted by Gasteiger charge is 2.35. The number of allylic oxidation sites excluding steroid dienone is 1. The summed E-state index contributed by atoms with van der Waals surface area (Å²) in [6.45, 7) is 0. The van der Waals surface area contributed by atoms with Crippen molar-refractivity contribution in [3.8, 4) is 5.82 Å². The Morgan fingerprint density at radius 1 is 1.05 bits per heavy atom. The molecule has 1 amide bonds. The zero-order valence-corrected chi connectivity index (χ0v) is 19.0. The third-order valence-electron chi connectivity index (χ3n) is 5.27. The van der Waals surface area contributed by atoms with Gasteiger partial charge in [-0.25, -0.2) is 9.67 Å². The summed E-state index contributed by atoms with van der Waals surface area (Å²) in [4.78, 5) is 16.7. The van der Waals surface area contributed by atoms with Crippen LogP contribution in [0.1, 0.15) is 5.56 Å². The van der Waals surface area contributed by atoms with Crippen molar-refractivity contribution in [3.63, 3.8) is 0 Å². The van der Waals surface area contributed by atoms with Crippen LogP contribution in [0.2, 0.25) is 0 Å². The monoisotopic (exact) mass is 507 g/mol. The molecular formula is C24H20F3N9O. The Labute approximate surface area is 207 Å². The predicted octanol–water partition coefficient (Wildman–Crippen LogP) is 4.11. The number of nitrogens with two attached hydrogens (primary N) is 2. The molecule has 2 heterocycles. The van der Waals surface area contributed by atoms with Gasteiger partial charge in [0.05, 0.1) is 11.1 Å². The number of rotatable bonds is 7. The zero-order chi connectivity index (χ0) is 26.7. The molecule has 13 heteroatoms. The van der Waals surface area contributed by atoms with Gasteiger partial charge in [-0.3, -0.25) is 4.79 Å². The molecule has 2 aromatic carbocycles. The molecule has 0 unspecified atom stereocenters. The molecule has 2 aromatic heterocycles. The minimum Gasteiger partial charge on any atom is -0.398 e. The van der Waals surface area contributed by atoms with Crippen molar-refractivity contribution in [2.24, 2.45) is 5.73 Å². The van der Waals surface area contributed by atoms with Crippen molar-refractivity contribution in [1.82, 2.24) is 14.8 Å². The van der Waals surface area contributed by atoms with E-state index in [-0.39, 0.29) is 17.9 Å². The van der Waals surface area contributed by atoms with Gasteiger partial charge in [-0.05, 0) is 42.5 Å². The summed E-state index contributed by atoms with van der Waals surface area (Å²) in [5.41, 5.74) is 10.4. The summed E-state index contributed by atoms with van der Waals surface area (Å²) in [6, 6.07) is 16.9. The number of alkyl halides is 3. The Morgan fingerprint density at radius 2 is 1.81 bits per heavy atom. The van der Waals surface area contributed by atoms with Gasteiger partial charge in [0.1, 0.15) is 11.5 Å². The molecule has 0 saturated carbocycles. The maximum atomic E-state index is 12.9. The third kappa shape index (κ3) is 5.10. The number of anilines is 4. The Hall–Kier alpha value is -5.20. The standard InChI is InChI=1S/C24H20F3N9O/c25-24(26,27)21(31)16(12-29)23(37)34-19-6-3-7-20(33-19)36-18-5-2-1-4-15(18)22(35-36)32-14-8-9-17(30)13(10-14)11-28/h1-12,28-29H,30-31H2,(H,32,35)(H,33,34,37)/b21-16+,28-11?,29-12?. The Bertz CT molecular complexity index is 1560. The second-order valence-electron chi connectivity index (χ2n) is 7.70. The van der Waals surface area contributed by atoms with Crippen molar-refractivity contribution in [3.05, 3.63) is 77.5 Å². The number of nitrogens with zero attached hydrogens (tertiary/aromatic N) is 3. The average molecular weight is 507 g/mol. The van der Waals surface area contributed by atoms with E-state index in [1.165, 1.54) is 10.7 Å². The number of para-hydroxylation sites is 1. The first-order chi connectivity index (χ1) is 17.6. The lowest BCUT2D eigenvalue weighted by Crippen LogP contribution is -2.28. The molecule has 0 aliphatic rings. The second kappa shape index (κ2) is 9.81. The second-order valence-corrected chi connectivity index (χ2v) is 7.70. The number of hydrogen-bond acceptors (Lipinski definition) is 8. The topological polar surface area (TPSA) is 172 Å². The van der Waals surface area contributed by atoms with Crippen molar-refractivity contribution < 1.29 is 18.0 Å². The summed E-state index contributed by atoms with van der Waals surface area (Å²) in [7, 11) is 0. The van der Waals surface area contributed by atoms with Crippen LogP contribution in [0, 0.1) is 10.8 Å². The fourth-order valence-corrected chi connectivity index (χ4v) is 3.46. The highest BCUT2D eigenvalue weighted by atomic mass is 19.4. The van der Waals surface area contributed by atoms with Gasteiger partial charge in [-0.15, -0.1) is 5.10 Å². The average Bonchev–Trinajstić information content (AvgIpc) is 3.23. The van der Waals surface area contributed by atoms with Crippen molar-refractivity contribution >= 4 is 52.2 Å². The highest BCUT2D eigenvalue weighted by molar-refractivity contribution is 6.17. The molecule has 37 heavy (non-hydrogen) atoms. The van der Waals surface area contributed by atoms with Crippen LogP contribution < -0.4 is 22.1 Å². The number of halogens is 3. The summed E-state index contributed by atoms with van der Waals surface area (Å²) in [6.07, 6.45) is -3.59. The van der Waals surface area contributed by atoms with E-state index in [0.29, 0.717) is 28.3 Å². The van der Waals surface area contributed by atoms with Crippen LogP contribution in [0.3, 0.4) is 0 Å². The minimum atomic E-state index is -4.97. The highest BCUT2D eigenvalue weighted by Crippen LogP contribution is 2.29. The first-order valence-electron chi connectivity index (χ1n) is 10.6. The fourth-order valence-electron chi connectivity index (χ4n) is 3.46. The van der Waals surface area contributed by atoms with Crippen LogP contribution in [0.15, 0.2) is 71.9 Å². The van der Waals surface area contributed by atoms with Crippen molar-refractivity contribution in [1.29, 1.82) is 10.8 Å². The normalized spacial score (nSPS) is 12.1. The summed E-state index contributed by atoms with van der Waals surface area (Å²) in [5.74, 6) is -0.559. The van der Waals surface area contributed by atoms with Crippen molar-refractivity contribution in [2.75, 3.05) is 16.4 Å². The van der Waals surface area contributed by atoms with Crippen LogP contribution in [0.4, 0.5) is 36.2 Å². The summed E-state index contributed by atoms with van der Waals surface area (Å²) < 4.78 is 40.3. The number of hydrogen-bond donors (Lipinski definition) is 6. The molecule has 0 atom stereocenters. The van der Waals surface area contributed by atoms with Gasteiger partial charge in [-0.2, -0.15) is 13.2 Å². The number of amides is 1. The van der Waals surface area contributed by atoms with Gasteiger partial charge in [0.2, 0.25) is 0 Å². The van der Waals surface area contributed by atoms with E-state index in [1.54, 1.807) is 42.5 Å². The first kappa shape index (κ1) is 24.9. The summed E-state index contributed by atoms with van der Waals surface area (Å²) in [5, 5.41) is 25.4. The van der Waals surface area contributed by atoms with E-state index in [9.17, 15) is 18.0 Å². The summed E-state index contributed by atoms with van der Waals surface area (Å²) >= 11 is 0. The zero-order valence-electron chi connectivity index (χ0n) is 19.0. The predicted molar refractivity (Wildman–Crippen MR) is 136 cm³/mol. The lowest BCUT2D eigenvalue weighted by atomic mass is 10.1. The van der Waals surface area contributed by atoms with E-state index in [4.69, 9.17) is 22.3 Å². The molecule has 10 nitrogen and oxygen atoms in total. The fraction of sp³-hybridized carbons (Fsp3) is 0.0417. The molecule has 0 bridgehead atoms. The lowest BCUT2D eigenvalue weighted by Gasteiger charge is -2.11. The van der Waals surface area contributed by atoms with Crippen LogP contribution in [-0.4, -0.2) is 39.3 Å². The number of fused-ring (bicyclic) bond motifs is 1. The number of carbonyl (C=O) groups is 1. The molecule has 0 fully saturated rings. The molecule has 188 valence electrons. The molecular weight excluding hydrogens is 487 g/mol. The SMILES string of the molecule is N=C/C(C(=O)Nc1cccc(-n2nc(Nc3ccc(N)c(C=N)c3)c3ccccc32)n1)=C(\N)C(F)(F)F. The molecule has 8 N–H and O–H groups in total. The van der Waals surface area contributed by atoms with Crippen LogP contribution in [-0.2, 0) is 4.79 Å². The molecule has 0 aliphatic carbocycles. The van der Waals surface area contributed by atoms with Crippen LogP contribution in [0.25, 0.3) is 16.7 Å². The van der Waals surface area contributed by atoms with E-state index < -0.39 is 23.4 Å². The Balaban J connectivity index is 1.70. The number of carbonyl (C=O) groups excluding carboxylic acids is 1. The number of pyridine rings is 1. The third-order valence-corrected chi connectivity index (χ3v) is 5.27. The van der Waals surface area contributed by atoms with Gasteiger partial charge >= 0.3 is 6.18 Å². The maximum absolute atomic E-state index is 12.9. The minimum absolute atomic E-state index is 0.0694. The molecule has 4 aromatic rings.